The predicted molar refractivity (Wildman–Crippen MR) is 131 cm³/mol. The van der Waals surface area contributed by atoms with Gasteiger partial charge >= 0.3 is 11.9 Å². The molecule has 0 N–H and O–H groups in total. The van der Waals surface area contributed by atoms with Gasteiger partial charge in [-0.1, -0.05) is 54.3 Å². The molecule has 0 bridgehead atoms. The Bertz CT molecular complexity index is 1480. The number of ether oxygens (including phenoxy) is 2. The number of allylic oxidation sites excluding steroid dienone is 7. The van der Waals surface area contributed by atoms with E-state index >= 15 is 0 Å². The van der Waals surface area contributed by atoms with Crippen molar-refractivity contribution in [3.8, 4) is 0 Å². The van der Waals surface area contributed by atoms with E-state index in [0.29, 0.717) is 0 Å². The van der Waals surface area contributed by atoms with Gasteiger partial charge in [0.2, 0.25) is 0 Å². The van der Waals surface area contributed by atoms with Crippen molar-refractivity contribution in [3.05, 3.63) is 111 Å². The smallest absolute Gasteiger partial charge is 0.338 e. The quantitative estimate of drug-likeness (QED) is 0.246. The Hall–Kier alpha value is -4.85. The average molecular weight is 497 g/mol. The number of hydrogen-bond acceptors (Lipinski definition) is 8. The van der Waals surface area contributed by atoms with Crippen LogP contribution in [0.2, 0.25) is 0 Å². The molecule has 186 valence electrons. The third-order valence-corrected chi connectivity index (χ3v) is 5.79. The van der Waals surface area contributed by atoms with Gasteiger partial charge in [0, 0.05) is 22.3 Å². The van der Waals surface area contributed by atoms with Crippen LogP contribution >= 0.6 is 0 Å². The second kappa shape index (κ2) is 10.4. The lowest BCUT2D eigenvalue weighted by Crippen LogP contribution is -2.11. The topological polar surface area (TPSA) is 127 Å². The highest BCUT2D eigenvalue weighted by atomic mass is 16.5. The molecule has 0 heterocycles. The van der Waals surface area contributed by atoms with E-state index in [-0.39, 0.29) is 57.7 Å². The van der Waals surface area contributed by atoms with Gasteiger partial charge in [-0.2, -0.15) is 0 Å². The van der Waals surface area contributed by atoms with Crippen molar-refractivity contribution in [2.75, 3.05) is 13.2 Å². The van der Waals surface area contributed by atoms with Crippen molar-refractivity contribution in [2.24, 2.45) is 0 Å². The number of fused-ring (bicyclic) bond motifs is 2. The maximum absolute atomic E-state index is 12.9. The van der Waals surface area contributed by atoms with Gasteiger partial charge in [-0.15, -0.1) is 0 Å². The van der Waals surface area contributed by atoms with Crippen LogP contribution in [0.3, 0.4) is 0 Å². The molecule has 2 aliphatic carbocycles. The van der Waals surface area contributed by atoms with Crippen LogP contribution < -0.4 is 5.11 Å². The maximum atomic E-state index is 12.9. The molecular formula is C29H21O8-. The van der Waals surface area contributed by atoms with Gasteiger partial charge < -0.3 is 14.6 Å². The molecule has 2 aromatic rings. The van der Waals surface area contributed by atoms with Gasteiger partial charge in [0.25, 0.3) is 0 Å². The number of rotatable bonds is 7. The second-order valence-electron chi connectivity index (χ2n) is 7.95. The minimum Gasteiger partial charge on any atom is -0.872 e. The van der Waals surface area contributed by atoms with E-state index in [9.17, 15) is 29.1 Å². The zero-order chi connectivity index (χ0) is 26.7. The molecule has 0 atom stereocenters. The van der Waals surface area contributed by atoms with Crippen molar-refractivity contribution in [1.29, 1.82) is 0 Å². The largest absolute Gasteiger partial charge is 0.872 e. The fraction of sp³-hybridized carbons (Fsp3) is 0.138. The first-order chi connectivity index (χ1) is 17.8. The first-order valence-corrected chi connectivity index (χ1v) is 11.5. The summed E-state index contributed by atoms with van der Waals surface area (Å²) in [5.41, 5.74) is 0.0788. The molecule has 0 aliphatic heterocycles. The van der Waals surface area contributed by atoms with Crippen LogP contribution in [0.15, 0.2) is 77.9 Å². The molecule has 8 heteroatoms. The van der Waals surface area contributed by atoms with Crippen LogP contribution in [0.1, 0.15) is 71.2 Å². The highest BCUT2D eigenvalue weighted by Crippen LogP contribution is 2.33. The van der Waals surface area contributed by atoms with Gasteiger partial charge in [0.1, 0.15) is 0 Å². The Morgan fingerprint density at radius 1 is 0.757 bits per heavy atom. The molecule has 0 radical (unpaired) electrons. The summed E-state index contributed by atoms with van der Waals surface area (Å²) in [5.74, 6) is -3.58. The SMILES string of the molecule is CCOC(=O)c1cccc2c1C(=O)C(=CC=CC=CC1=C([O-])c3cccc(C(=O)OCC)c3C1=O)C2=O. The highest BCUT2D eigenvalue weighted by Gasteiger charge is 2.36. The van der Waals surface area contributed by atoms with Crippen molar-refractivity contribution in [3.63, 3.8) is 0 Å². The Labute approximate surface area is 212 Å². The monoisotopic (exact) mass is 497 g/mol. The third kappa shape index (κ3) is 4.45. The molecule has 37 heavy (non-hydrogen) atoms. The molecule has 0 spiro atoms. The van der Waals surface area contributed by atoms with E-state index in [1.54, 1.807) is 13.8 Å². The van der Waals surface area contributed by atoms with E-state index in [4.69, 9.17) is 9.47 Å². The summed E-state index contributed by atoms with van der Waals surface area (Å²) in [6.07, 6.45) is 6.89. The van der Waals surface area contributed by atoms with Crippen LogP contribution in [-0.4, -0.2) is 42.5 Å². The molecule has 0 aromatic heterocycles. The Balaban J connectivity index is 1.54. The minimum absolute atomic E-state index is 0.00835. The first kappa shape index (κ1) is 25.2. The molecule has 0 unspecified atom stereocenters. The van der Waals surface area contributed by atoms with Crippen LogP contribution in [0.5, 0.6) is 0 Å². The van der Waals surface area contributed by atoms with Crippen molar-refractivity contribution < 1.29 is 38.6 Å². The van der Waals surface area contributed by atoms with E-state index in [1.807, 2.05) is 0 Å². The van der Waals surface area contributed by atoms with Gasteiger partial charge in [0.05, 0.1) is 29.9 Å². The number of hydrogen-bond donors (Lipinski definition) is 0. The number of ketones is 3. The summed E-state index contributed by atoms with van der Waals surface area (Å²) >= 11 is 0. The summed E-state index contributed by atoms with van der Waals surface area (Å²) in [6.45, 7) is 3.53. The summed E-state index contributed by atoms with van der Waals surface area (Å²) < 4.78 is 9.96. The zero-order valence-electron chi connectivity index (χ0n) is 20.0. The molecule has 2 aliphatic rings. The number of carbonyl (C=O) groups is 5. The molecule has 0 amide bonds. The van der Waals surface area contributed by atoms with E-state index in [0.717, 1.165) is 0 Å². The number of Topliss-reactive ketones (excluding diaryl/α,β-unsaturated/α-hetero) is 3. The van der Waals surface area contributed by atoms with Gasteiger partial charge in [-0.25, -0.2) is 9.59 Å². The van der Waals surface area contributed by atoms with Crippen LogP contribution in [0.4, 0.5) is 0 Å². The highest BCUT2D eigenvalue weighted by molar-refractivity contribution is 6.41. The molecule has 8 nitrogen and oxygen atoms in total. The molecule has 0 saturated carbocycles. The Morgan fingerprint density at radius 2 is 1.32 bits per heavy atom. The lowest BCUT2D eigenvalue weighted by molar-refractivity contribution is -0.244. The second-order valence-corrected chi connectivity index (χ2v) is 7.95. The molecular weight excluding hydrogens is 476 g/mol. The fourth-order valence-electron chi connectivity index (χ4n) is 4.17. The Morgan fingerprint density at radius 3 is 1.92 bits per heavy atom. The fourth-order valence-corrected chi connectivity index (χ4v) is 4.17. The molecule has 0 fully saturated rings. The number of esters is 2. The average Bonchev–Trinajstić information content (AvgIpc) is 3.28. The van der Waals surface area contributed by atoms with Crippen LogP contribution in [-0.2, 0) is 9.47 Å². The lowest BCUT2D eigenvalue weighted by atomic mass is 10.0. The van der Waals surface area contributed by atoms with Gasteiger partial charge in [-0.05, 0) is 37.6 Å². The Kier molecular flexibility index (Phi) is 7.11. The van der Waals surface area contributed by atoms with Gasteiger partial charge in [-0.3, -0.25) is 14.4 Å². The molecule has 2 aromatic carbocycles. The minimum atomic E-state index is -0.685. The van der Waals surface area contributed by atoms with E-state index in [1.165, 1.54) is 66.8 Å². The summed E-state index contributed by atoms with van der Waals surface area (Å²) in [7, 11) is 0. The summed E-state index contributed by atoms with van der Waals surface area (Å²) in [5, 5.41) is 12.7. The van der Waals surface area contributed by atoms with Crippen LogP contribution in [0.25, 0.3) is 5.76 Å². The maximum Gasteiger partial charge on any atom is 0.338 e. The first-order valence-electron chi connectivity index (χ1n) is 11.5. The predicted octanol–water partition coefficient (Wildman–Crippen LogP) is 3.43. The molecule has 0 saturated heterocycles. The zero-order valence-corrected chi connectivity index (χ0v) is 20.0. The van der Waals surface area contributed by atoms with E-state index in [2.05, 4.69) is 0 Å². The van der Waals surface area contributed by atoms with Gasteiger partial charge in [0.15, 0.2) is 17.3 Å². The third-order valence-electron chi connectivity index (χ3n) is 5.79. The number of carbonyl (C=O) groups excluding carboxylic acids is 5. The lowest BCUT2D eigenvalue weighted by Gasteiger charge is -2.10. The standard InChI is InChI=1S/C29H22O8/c1-3-36-28(34)18-14-8-12-16-22(18)26(32)20(24(16)30)10-6-5-7-11-21-25(31)17-13-9-15-19(23(17)27(21)33)29(35)37-4-2/h5-15,30H,3-4H2,1-2H3/p-1. The summed E-state index contributed by atoms with van der Waals surface area (Å²) in [6, 6.07) is 8.83. The van der Waals surface area contributed by atoms with Crippen LogP contribution in [0, 0.1) is 0 Å². The normalized spacial score (nSPS) is 15.7. The van der Waals surface area contributed by atoms with E-state index < -0.39 is 35.0 Å². The van der Waals surface area contributed by atoms with Crippen molar-refractivity contribution in [2.45, 2.75) is 13.8 Å². The molecule has 4 rings (SSSR count). The van der Waals surface area contributed by atoms with Crippen molar-refractivity contribution in [1.82, 2.24) is 0 Å². The van der Waals surface area contributed by atoms with Crippen molar-refractivity contribution >= 4 is 35.0 Å². The number of benzene rings is 2. The summed E-state index contributed by atoms with van der Waals surface area (Å²) in [4.78, 5) is 62.9.